The predicted molar refractivity (Wildman–Crippen MR) is 101 cm³/mol. The van der Waals surface area contributed by atoms with Gasteiger partial charge in [-0.25, -0.2) is 0 Å². The fourth-order valence-electron chi connectivity index (χ4n) is 3.53. The van der Waals surface area contributed by atoms with E-state index in [-0.39, 0.29) is 5.69 Å². The van der Waals surface area contributed by atoms with Crippen LogP contribution in [0.3, 0.4) is 0 Å². The molecule has 0 spiro atoms. The van der Waals surface area contributed by atoms with Crippen LogP contribution in [0.25, 0.3) is 22.4 Å². The zero-order valence-electron chi connectivity index (χ0n) is 13.7. The highest BCUT2D eigenvalue weighted by Crippen LogP contribution is 2.40. The number of benzene rings is 2. The van der Waals surface area contributed by atoms with Crippen molar-refractivity contribution in [3.63, 3.8) is 0 Å². The molecule has 1 aromatic heterocycles. The highest BCUT2D eigenvalue weighted by Gasteiger charge is 2.24. The quantitative estimate of drug-likeness (QED) is 0.398. The van der Waals surface area contributed by atoms with Crippen LogP contribution in [0.15, 0.2) is 48.5 Å². The smallest absolute Gasteiger partial charge is 0.269 e. The van der Waals surface area contributed by atoms with Crippen molar-refractivity contribution in [3.05, 3.63) is 80.0 Å². The van der Waals surface area contributed by atoms with Crippen molar-refractivity contribution in [2.75, 3.05) is 0 Å². The maximum absolute atomic E-state index is 10.9. The summed E-state index contributed by atoms with van der Waals surface area (Å²) in [6, 6.07) is 16.7. The third-order valence-corrected chi connectivity index (χ3v) is 5.03. The Hall–Kier alpha value is -3.30. The number of nitrogens with one attached hydrogen (secondary N) is 1. The van der Waals surface area contributed by atoms with Gasteiger partial charge in [0.15, 0.2) is 0 Å². The highest BCUT2D eigenvalue weighted by molar-refractivity contribution is 7.71. The van der Waals surface area contributed by atoms with E-state index in [4.69, 9.17) is 12.2 Å². The van der Waals surface area contributed by atoms with Gasteiger partial charge in [-0.15, -0.1) is 0 Å². The highest BCUT2D eigenvalue weighted by atomic mass is 32.1. The SMILES string of the molecule is N#Cc1c2c(c(-c3ccc([N+](=O)[O-])cc3)[nH]c1=S)CCc1ccccc1-2. The van der Waals surface area contributed by atoms with Gasteiger partial charge < -0.3 is 4.98 Å². The third kappa shape index (κ3) is 2.50. The molecule has 6 heteroatoms. The lowest BCUT2D eigenvalue weighted by Gasteiger charge is -2.23. The number of aryl methyl sites for hydroxylation is 1. The zero-order chi connectivity index (χ0) is 18.3. The minimum Gasteiger partial charge on any atom is -0.345 e. The number of nitro groups is 1. The third-order valence-electron chi connectivity index (χ3n) is 4.73. The number of nitriles is 1. The number of hydrogen-bond acceptors (Lipinski definition) is 4. The lowest BCUT2D eigenvalue weighted by atomic mass is 9.82. The Balaban J connectivity index is 2.00. The summed E-state index contributed by atoms with van der Waals surface area (Å²) in [5, 5.41) is 20.5. The van der Waals surface area contributed by atoms with Gasteiger partial charge in [0.2, 0.25) is 0 Å². The number of nitro benzene ring substituents is 1. The summed E-state index contributed by atoms with van der Waals surface area (Å²) >= 11 is 5.43. The lowest BCUT2D eigenvalue weighted by Crippen LogP contribution is -2.09. The Kier molecular flexibility index (Phi) is 3.86. The standard InChI is InChI=1S/C20H13N3O2S/c21-11-17-18-15-4-2-1-3-12(15)7-10-16(18)19(22-20(17)26)13-5-8-14(9-6-13)23(24)25/h1-6,8-9H,7,10H2,(H,22,26). The number of aromatic amines is 1. The first-order valence-corrected chi connectivity index (χ1v) is 8.53. The second-order valence-corrected chi connectivity index (χ2v) is 6.54. The molecule has 0 aliphatic heterocycles. The molecule has 0 saturated carbocycles. The van der Waals surface area contributed by atoms with Gasteiger partial charge in [-0.1, -0.05) is 36.5 Å². The zero-order valence-corrected chi connectivity index (χ0v) is 14.5. The number of H-pyrrole nitrogens is 1. The van der Waals surface area contributed by atoms with Gasteiger partial charge in [-0.2, -0.15) is 5.26 Å². The molecule has 5 nitrogen and oxygen atoms in total. The second kappa shape index (κ2) is 6.21. The van der Waals surface area contributed by atoms with E-state index in [2.05, 4.69) is 17.1 Å². The maximum atomic E-state index is 10.9. The van der Waals surface area contributed by atoms with Gasteiger partial charge in [-0.3, -0.25) is 10.1 Å². The molecule has 1 N–H and O–H groups in total. The second-order valence-electron chi connectivity index (χ2n) is 6.13. The fraction of sp³-hybridized carbons (Fsp3) is 0.100. The first-order valence-electron chi connectivity index (χ1n) is 8.12. The number of hydrogen-bond donors (Lipinski definition) is 1. The molecule has 26 heavy (non-hydrogen) atoms. The molecule has 0 radical (unpaired) electrons. The van der Waals surface area contributed by atoms with Gasteiger partial charge in [0.1, 0.15) is 10.7 Å². The number of rotatable bonds is 2. The lowest BCUT2D eigenvalue weighted by molar-refractivity contribution is -0.384. The summed E-state index contributed by atoms with van der Waals surface area (Å²) in [5.41, 5.74) is 6.32. The van der Waals surface area contributed by atoms with Crippen LogP contribution in [-0.4, -0.2) is 9.91 Å². The minimum atomic E-state index is -0.420. The van der Waals surface area contributed by atoms with Gasteiger partial charge in [0.25, 0.3) is 5.69 Å². The van der Waals surface area contributed by atoms with E-state index in [1.165, 1.54) is 17.7 Å². The minimum absolute atomic E-state index is 0.0419. The molecule has 0 fully saturated rings. The normalized spacial score (nSPS) is 12.0. The molecule has 0 bridgehead atoms. The first kappa shape index (κ1) is 16.2. The number of fused-ring (bicyclic) bond motifs is 3. The number of aromatic nitrogens is 1. The monoisotopic (exact) mass is 359 g/mol. The van der Waals surface area contributed by atoms with Crippen LogP contribution in [-0.2, 0) is 12.8 Å². The molecule has 0 atom stereocenters. The van der Waals surface area contributed by atoms with Crippen molar-refractivity contribution in [3.8, 4) is 28.5 Å². The Bertz CT molecular complexity index is 1140. The molecule has 126 valence electrons. The topological polar surface area (TPSA) is 82.7 Å². The molecule has 3 aromatic rings. The van der Waals surface area contributed by atoms with Crippen molar-refractivity contribution in [1.29, 1.82) is 5.26 Å². The van der Waals surface area contributed by atoms with E-state index >= 15 is 0 Å². The van der Waals surface area contributed by atoms with Crippen LogP contribution in [0, 0.1) is 26.1 Å². The molecule has 0 saturated heterocycles. The van der Waals surface area contributed by atoms with E-state index < -0.39 is 4.92 Å². The maximum Gasteiger partial charge on any atom is 0.269 e. The Morgan fingerprint density at radius 1 is 1.12 bits per heavy atom. The van der Waals surface area contributed by atoms with Crippen molar-refractivity contribution >= 4 is 17.9 Å². The fourth-order valence-corrected chi connectivity index (χ4v) is 3.78. The van der Waals surface area contributed by atoms with Crippen molar-refractivity contribution in [2.45, 2.75) is 12.8 Å². The molecular weight excluding hydrogens is 346 g/mol. The molecule has 1 heterocycles. The van der Waals surface area contributed by atoms with Gasteiger partial charge in [0.05, 0.1) is 16.2 Å². The van der Waals surface area contributed by atoms with Crippen LogP contribution >= 0.6 is 12.2 Å². The van der Waals surface area contributed by atoms with Crippen LogP contribution in [0.2, 0.25) is 0 Å². The van der Waals surface area contributed by atoms with Crippen molar-refractivity contribution in [2.24, 2.45) is 0 Å². The molecule has 1 aliphatic carbocycles. The first-order chi connectivity index (χ1) is 12.6. The Labute approximate surface area is 154 Å². The Morgan fingerprint density at radius 2 is 1.85 bits per heavy atom. The van der Waals surface area contributed by atoms with Gasteiger partial charge in [-0.05, 0) is 47.2 Å². The summed E-state index contributed by atoms with van der Waals surface area (Å²) in [7, 11) is 0. The molecule has 2 aromatic carbocycles. The van der Waals surface area contributed by atoms with Crippen LogP contribution < -0.4 is 0 Å². The summed E-state index contributed by atoms with van der Waals surface area (Å²) < 4.78 is 0.385. The van der Waals surface area contributed by atoms with E-state index in [0.717, 1.165) is 40.8 Å². The predicted octanol–water partition coefficient (Wildman–Crippen LogP) is 4.96. The van der Waals surface area contributed by atoms with Crippen LogP contribution in [0.5, 0.6) is 0 Å². The molecule has 4 rings (SSSR count). The summed E-state index contributed by atoms with van der Waals surface area (Å²) in [6.45, 7) is 0. The van der Waals surface area contributed by atoms with Crippen molar-refractivity contribution < 1.29 is 4.92 Å². The van der Waals surface area contributed by atoms with Crippen molar-refractivity contribution in [1.82, 2.24) is 4.98 Å². The molecule has 1 aliphatic rings. The van der Waals surface area contributed by atoms with Gasteiger partial charge >= 0.3 is 0 Å². The summed E-state index contributed by atoms with van der Waals surface area (Å²) in [4.78, 5) is 13.7. The molecule has 0 amide bonds. The van der Waals surface area contributed by atoms with E-state index in [1.54, 1.807) is 12.1 Å². The van der Waals surface area contributed by atoms with E-state index in [9.17, 15) is 15.4 Å². The van der Waals surface area contributed by atoms with E-state index in [1.807, 2.05) is 18.2 Å². The average Bonchev–Trinajstić information content (AvgIpc) is 2.67. The molecular formula is C20H13N3O2S. The number of pyridine rings is 1. The van der Waals surface area contributed by atoms with Crippen LogP contribution in [0.4, 0.5) is 5.69 Å². The number of nitrogens with zero attached hydrogens (tertiary/aromatic N) is 2. The molecule has 0 unspecified atom stereocenters. The van der Waals surface area contributed by atoms with Gasteiger partial charge in [0, 0.05) is 17.7 Å². The Morgan fingerprint density at radius 3 is 2.54 bits per heavy atom. The average molecular weight is 359 g/mol. The van der Waals surface area contributed by atoms with E-state index in [0.29, 0.717) is 10.2 Å². The summed E-state index contributed by atoms with van der Waals surface area (Å²) in [5.74, 6) is 0. The largest absolute Gasteiger partial charge is 0.345 e. The summed E-state index contributed by atoms with van der Waals surface area (Å²) in [6.07, 6.45) is 1.65. The van der Waals surface area contributed by atoms with Crippen LogP contribution in [0.1, 0.15) is 16.7 Å². The number of non-ortho nitro benzene ring substituents is 1.